The van der Waals surface area contributed by atoms with Crippen LogP contribution >= 0.6 is 0 Å². The second kappa shape index (κ2) is 32.8. The molecule has 0 atom stereocenters. The summed E-state index contributed by atoms with van der Waals surface area (Å²) in [4.78, 5) is 91.8. The molecular weight excluding hydrogens is 868 g/mol. The molecule has 38 nitrogen and oxygen atoms in total. The second-order valence-electron chi connectivity index (χ2n) is 7.63. The Morgan fingerprint density at radius 3 is 0.448 bits per heavy atom. The number of halogens is 1. The monoisotopic (exact) mass is 899 g/mol. The molecular formula is C18H32ClFeN24O14. The van der Waals surface area contributed by atoms with Gasteiger partial charge in [0.25, 0.3) is 0 Å². The van der Waals surface area contributed by atoms with Crippen LogP contribution in [0.25, 0.3) is 0 Å². The van der Waals surface area contributed by atoms with Crippen LogP contribution in [0.3, 0.4) is 0 Å². The number of nitrogens with zero attached hydrogens (tertiary/aromatic N) is 8. The molecule has 0 aliphatic heterocycles. The molecule has 0 saturated carbocycles. The van der Waals surface area contributed by atoms with Crippen molar-refractivity contribution >= 4 is 107 Å². The Bertz CT molecular complexity index is 1420. The van der Waals surface area contributed by atoms with E-state index in [1.807, 2.05) is 0 Å². The molecule has 4 rings (SSSR count). The summed E-state index contributed by atoms with van der Waals surface area (Å²) in [5.41, 5.74) is 62.2. The van der Waals surface area contributed by atoms with Gasteiger partial charge in [0, 0.05) is 0 Å². The van der Waals surface area contributed by atoms with Crippen molar-refractivity contribution in [1.82, 2.24) is 39.9 Å². The van der Waals surface area contributed by atoms with E-state index in [1.165, 1.54) is 0 Å². The number of carboxylic acids is 6. The number of nitrogen functional groups attached to an aromatic ring is 12. The predicted octanol–water partition coefficient (Wildman–Crippen LogP) is -23.0. The number of anilines is 12. The van der Waals surface area contributed by atoms with E-state index in [0.29, 0.717) is 0 Å². The Labute approximate surface area is 335 Å². The van der Waals surface area contributed by atoms with Crippen LogP contribution in [-0.2, 0) is 45.8 Å². The maximum Gasteiger partial charge on any atom is 3.00 e. The van der Waals surface area contributed by atoms with Crippen molar-refractivity contribution in [1.29, 1.82) is 0 Å². The van der Waals surface area contributed by atoms with Gasteiger partial charge in [0.05, 0.1) is 35.8 Å². The van der Waals surface area contributed by atoms with Crippen molar-refractivity contribution < 1.29 is 120 Å². The van der Waals surface area contributed by atoms with Crippen LogP contribution < -0.4 is 132 Å². The summed E-state index contributed by atoms with van der Waals surface area (Å²) in [6.45, 7) is 0. The van der Waals surface area contributed by atoms with Crippen LogP contribution in [0.1, 0.15) is 0 Å². The fourth-order valence-corrected chi connectivity index (χ4v) is 1.84. The van der Waals surface area contributed by atoms with Crippen molar-refractivity contribution in [3.05, 3.63) is 0 Å². The van der Waals surface area contributed by atoms with E-state index in [9.17, 15) is 0 Å². The third kappa shape index (κ3) is 38.4. The fourth-order valence-electron chi connectivity index (χ4n) is 1.84. The first-order chi connectivity index (χ1) is 24.7. The Morgan fingerprint density at radius 1 is 0.310 bits per heavy atom. The minimum Gasteiger partial charge on any atom is -1.00 e. The fraction of sp³-hybridized carbons (Fsp3) is 0. The molecule has 0 aromatic carbocycles. The molecule has 58 heavy (non-hydrogen) atoms. The molecule has 0 saturated heterocycles. The van der Waals surface area contributed by atoms with Gasteiger partial charge < -0.3 is 152 Å². The van der Waals surface area contributed by atoms with Crippen LogP contribution in [0.4, 0.5) is 71.4 Å². The Balaban J connectivity index is -0.000000104. The molecule has 32 N–H and O–H groups in total. The number of nitrogens with one attached hydrogen (secondary N) is 4. The maximum atomic E-state index is 8.93. The molecule has 40 heteroatoms. The molecule has 0 amide bonds. The van der Waals surface area contributed by atoms with Crippen molar-refractivity contribution in [2.75, 3.05) is 68.8 Å². The topological polar surface area (TPSA) is 776 Å². The summed E-state index contributed by atoms with van der Waals surface area (Å²) in [6, 6.07) is 0. The van der Waals surface area contributed by atoms with Crippen molar-refractivity contribution in [3.8, 4) is 0 Å². The zero-order valence-electron chi connectivity index (χ0n) is 28.1. The molecule has 0 spiro atoms. The number of aliphatic carboxylic acids is 6. The average molecular weight is 900 g/mol. The van der Waals surface area contributed by atoms with E-state index in [0.717, 1.165) is 0 Å². The van der Waals surface area contributed by atoms with Crippen LogP contribution in [0.5, 0.6) is 0 Å². The van der Waals surface area contributed by atoms with Gasteiger partial charge in [0.1, 0.15) is 0 Å². The van der Waals surface area contributed by atoms with Crippen LogP contribution in [0, 0.1) is 0 Å². The maximum absolute atomic E-state index is 8.93. The number of nitrogens with two attached hydrogens (primary N) is 12. The average Bonchev–Trinajstić information content (AvgIpc) is 2.96. The van der Waals surface area contributed by atoms with E-state index in [2.05, 4.69) is 59.8 Å². The second-order valence-corrected chi connectivity index (χ2v) is 7.63. The molecule has 4 heterocycles. The Hall–Kier alpha value is -8.81. The summed E-state index contributed by atoms with van der Waals surface area (Å²) >= 11 is 0. The van der Waals surface area contributed by atoms with E-state index < -0.39 is 35.8 Å². The van der Waals surface area contributed by atoms with E-state index in [1.54, 1.807) is 0 Å². The molecule has 4 aromatic heterocycles. The number of aromatic amines is 4. The molecule has 4 aromatic rings. The van der Waals surface area contributed by atoms with Gasteiger partial charge in [-0.2, -0.15) is 0 Å². The van der Waals surface area contributed by atoms with Gasteiger partial charge in [-0.25, -0.2) is 19.9 Å². The summed E-state index contributed by atoms with van der Waals surface area (Å²) in [6.07, 6.45) is 0. The van der Waals surface area contributed by atoms with E-state index >= 15 is 0 Å². The van der Waals surface area contributed by atoms with Gasteiger partial charge in [-0.1, -0.05) is 39.9 Å². The number of carboxylic acid groups (broad SMARTS) is 6. The third-order valence-electron chi connectivity index (χ3n) is 3.40. The normalized spacial score (nSPS) is 8.07. The van der Waals surface area contributed by atoms with Crippen LogP contribution in [0.15, 0.2) is 0 Å². The Morgan fingerprint density at radius 2 is 0.397 bits per heavy atom. The number of rotatable bonds is 0. The van der Waals surface area contributed by atoms with E-state index in [4.69, 9.17) is 128 Å². The van der Waals surface area contributed by atoms with E-state index in [-0.39, 0.29) is 112 Å². The number of H-pyrrole nitrogens is 4. The molecule has 0 aliphatic rings. The number of aromatic nitrogens is 12. The Kier molecular flexibility index (Phi) is 36.3. The van der Waals surface area contributed by atoms with Gasteiger partial charge >= 0.3 is 88.4 Å². The smallest absolute Gasteiger partial charge is 1.00 e. The third-order valence-corrected chi connectivity index (χ3v) is 3.40. The molecule has 0 unspecified atom stereocenters. The zero-order valence-corrected chi connectivity index (χ0v) is 30.0. The molecule has 0 bridgehead atoms. The molecule has 323 valence electrons. The van der Waals surface area contributed by atoms with Crippen LogP contribution in [-0.4, -0.2) is 86.6 Å². The minimum absolute atomic E-state index is 0. The number of hydrogen-bond acceptors (Lipinski definition) is 32. The number of carbonyl (C=O) groups is 6. The standard InChI is InChI=1S/4C3H6N6.3C2H2O4.ClH.Fe.2H2O/c4*4-1-7-2(5)9-3(6)8-1;3*3-1(4)2(5)6;;;;/h4*(H6,4,5,6,7,8,9);3*(H,3,4)(H,5,6);1H;;2*1H2/q;;;;;;;;+3;;/p-3. The van der Waals surface area contributed by atoms with Gasteiger partial charge in [-0.15, -0.1) is 0 Å². The first kappa shape index (κ1) is 64.2. The molecule has 0 aliphatic carbocycles. The number of hydrogen-bond donors (Lipinski definition) is 12. The molecule has 0 fully saturated rings. The molecule has 1 radical (unpaired) electrons. The van der Waals surface area contributed by atoms with Gasteiger partial charge in [-0.05, 0) is 0 Å². The van der Waals surface area contributed by atoms with Crippen molar-refractivity contribution in [2.45, 2.75) is 0 Å². The first-order valence-electron chi connectivity index (χ1n) is 12.2. The quantitative estimate of drug-likeness (QED) is 0.0576. The zero-order chi connectivity index (χ0) is 42.9. The van der Waals surface area contributed by atoms with Gasteiger partial charge in [0.15, 0.2) is 0 Å². The predicted molar refractivity (Wildman–Crippen MR) is 165 cm³/mol. The first-order valence-corrected chi connectivity index (χ1v) is 12.2. The van der Waals surface area contributed by atoms with Gasteiger partial charge in [-0.3, -0.25) is 0 Å². The summed E-state index contributed by atoms with van der Waals surface area (Å²) in [5, 5.41) is 53.6. The summed E-state index contributed by atoms with van der Waals surface area (Å²) in [5.74, 6) is -11.5. The number of carbonyl (C=O) groups excluding carboxylic acids is 6. The minimum atomic E-state index is -2.19. The van der Waals surface area contributed by atoms with Crippen molar-refractivity contribution in [3.63, 3.8) is 0 Å². The summed E-state index contributed by atoms with van der Waals surface area (Å²) in [7, 11) is 0. The SMILES string of the molecule is Nc1nc(N)[nH+]c(N)n1.Nc1nc(N)[nH+]c(N)n1.Nc1nc(N)[nH+]c(N)n1.Nc1nc(N)[nH+]c(N)n1.O.O.O=C([O-])C(=O)[O-].O=C([O-])C(=O)[O-].O=C([O-])C(=O)[O-].[Cl-].[Fe+3]. The van der Waals surface area contributed by atoms with Crippen LogP contribution in [0.2, 0.25) is 0 Å². The largest absolute Gasteiger partial charge is 3.00 e. The van der Waals surface area contributed by atoms with Crippen molar-refractivity contribution in [2.24, 2.45) is 0 Å². The summed E-state index contributed by atoms with van der Waals surface area (Å²) < 4.78 is 0. The van der Waals surface area contributed by atoms with Gasteiger partial charge in [0.2, 0.25) is 0 Å².